The number of hydrogen-bond acceptors (Lipinski definition) is 9. The van der Waals surface area contributed by atoms with E-state index in [1.165, 1.54) is 25.5 Å². The van der Waals surface area contributed by atoms with Gasteiger partial charge in [0.25, 0.3) is 11.6 Å². The van der Waals surface area contributed by atoms with Gasteiger partial charge in [-0.25, -0.2) is 10.4 Å². The van der Waals surface area contributed by atoms with E-state index in [1.807, 2.05) is 13.0 Å². The van der Waals surface area contributed by atoms with E-state index in [0.29, 0.717) is 32.8 Å². The number of nitrogens with zero attached hydrogens (tertiary/aromatic N) is 4. The van der Waals surface area contributed by atoms with Crippen LogP contribution in [0.2, 0.25) is 0 Å². The number of benzene rings is 1. The lowest BCUT2D eigenvalue weighted by atomic mass is 10.1. The van der Waals surface area contributed by atoms with Crippen LogP contribution in [-0.2, 0) is 16.1 Å². The summed E-state index contributed by atoms with van der Waals surface area (Å²) in [6, 6.07) is 9.79. The van der Waals surface area contributed by atoms with Crippen LogP contribution in [-0.4, -0.2) is 35.7 Å². The fraction of sp³-hybridized carbons (Fsp3) is 0.217. The van der Waals surface area contributed by atoms with Crippen LogP contribution in [0.3, 0.4) is 0 Å². The SMILES string of the molecule is COCc1c(Br)c(C)nc(OCC(=O)N/N=C/c2ccc(-c3cc([N+](=O)[O-])ccc3C)o2)c1C#N. The number of pyridine rings is 1. The number of nitro benzene ring substituents is 1. The molecule has 0 saturated carbocycles. The molecular formula is C23H20BrN5O6. The number of ether oxygens (including phenoxy) is 2. The Kier molecular flexibility index (Phi) is 8.30. The highest BCUT2D eigenvalue weighted by atomic mass is 79.9. The predicted octanol–water partition coefficient (Wildman–Crippen LogP) is 4.18. The fourth-order valence-electron chi connectivity index (χ4n) is 3.10. The molecule has 1 aromatic carbocycles. The van der Waals surface area contributed by atoms with Crippen LogP contribution in [0.25, 0.3) is 11.3 Å². The highest BCUT2D eigenvalue weighted by Crippen LogP contribution is 2.30. The van der Waals surface area contributed by atoms with Crippen LogP contribution in [0.4, 0.5) is 5.69 Å². The number of nitrogens with one attached hydrogen (secondary N) is 1. The summed E-state index contributed by atoms with van der Waals surface area (Å²) in [5, 5.41) is 24.4. The first-order valence-electron chi connectivity index (χ1n) is 10.1. The number of nitriles is 1. The van der Waals surface area contributed by atoms with E-state index in [-0.39, 0.29) is 23.7 Å². The van der Waals surface area contributed by atoms with Gasteiger partial charge in [0.15, 0.2) is 6.61 Å². The molecule has 0 aliphatic rings. The lowest BCUT2D eigenvalue weighted by Gasteiger charge is -2.13. The van der Waals surface area contributed by atoms with E-state index in [2.05, 4.69) is 31.4 Å². The summed E-state index contributed by atoms with van der Waals surface area (Å²) in [5.74, 6) is 0.188. The molecule has 0 saturated heterocycles. The van der Waals surface area contributed by atoms with Gasteiger partial charge in [0.1, 0.15) is 23.2 Å². The van der Waals surface area contributed by atoms with Crippen LogP contribution in [0.1, 0.15) is 28.1 Å². The number of aromatic nitrogens is 1. The van der Waals surface area contributed by atoms with Crippen LogP contribution < -0.4 is 10.2 Å². The molecule has 3 rings (SSSR count). The number of carbonyl (C=O) groups excluding carboxylic acids is 1. The van der Waals surface area contributed by atoms with Gasteiger partial charge >= 0.3 is 0 Å². The zero-order valence-corrected chi connectivity index (χ0v) is 20.6. The normalized spacial score (nSPS) is 10.8. The Bertz CT molecular complexity index is 1340. The molecule has 0 spiro atoms. The molecule has 0 fully saturated rings. The summed E-state index contributed by atoms with van der Waals surface area (Å²) in [6.45, 7) is 3.28. The van der Waals surface area contributed by atoms with Crippen LogP contribution in [0.5, 0.6) is 5.88 Å². The first-order valence-corrected chi connectivity index (χ1v) is 10.9. The number of halogens is 1. The number of amides is 1. The van der Waals surface area contributed by atoms with Gasteiger partial charge in [0.05, 0.1) is 23.4 Å². The van der Waals surface area contributed by atoms with Crippen molar-refractivity contribution < 1.29 is 23.6 Å². The topological polar surface area (TPSA) is 153 Å². The van der Waals surface area contributed by atoms with Gasteiger partial charge in [0.2, 0.25) is 5.88 Å². The second-order valence-corrected chi connectivity index (χ2v) is 8.05. The molecule has 0 radical (unpaired) electrons. The van der Waals surface area contributed by atoms with Crippen molar-refractivity contribution in [2.24, 2.45) is 5.10 Å². The van der Waals surface area contributed by atoms with Gasteiger partial charge < -0.3 is 13.9 Å². The smallest absolute Gasteiger partial charge is 0.278 e. The van der Waals surface area contributed by atoms with Gasteiger partial charge in [-0.2, -0.15) is 10.4 Å². The summed E-state index contributed by atoms with van der Waals surface area (Å²) >= 11 is 3.39. The van der Waals surface area contributed by atoms with Crippen LogP contribution >= 0.6 is 15.9 Å². The number of non-ortho nitro benzene ring substituents is 1. The first-order chi connectivity index (χ1) is 16.7. The minimum atomic E-state index is -0.581. The number of nitro groups is 1. The van der Waals surface area contributed by atoms with Crippen molar-refractivity contribution in [3.05, 3.63) is 73.1 Å². The summed E-state index contributed by atoms with van der Waals surface area (Å²) in [4.78, 5) is 26.9. The van der Waals surface area contributed by atoms with Crippen molar-refractivity contribution in [3.8, 4) is 23.3 Å². The van der Waals surface area contributed by atoms with E-state index < -0.39 is 17.4 Å². The van der Waals surface area contributed by atoms with Crippen molar-refractivity contribution in [1.82, 2.24) is 10.4 Å². The number of rotatable bonds is 9. The Morgan fingerprint density at radius 1 is 1.37 bits per heavy atom. The molecule has 0 bridgehead atoms. The van der Waals surface area contributed by atoms with Crippen molar-refractivity contribution >= 4 is 33.7 Å². The number of methoxy groups -OCH3 is 1. The zero-order chi connectivity index (χ0) is 25.5. The standard InChI is InChI=1S/C23H20BrN5O6/c1-13-4-5-15(29(31)32)8-17(13)20-7-6-16(35-20)10-26-28-21(30)12-34-23-18(9-25)19(11-33-3)22(24)14(2)27-23/h4-8,10H,11-12H2,1-3H3,(H,28,30)/b26-10+. The summed E-state index contributed by atoms with van der Waals surface area (Å²) in [6.07, 6.45) is 1.29. The number of aryl methyl sites for hydroxylation is 2. The van der Waals surface area contributed by atoms with E-state index in [9.17, 15) is 20.2 Å². The largest absolute Gasteiger partial charge is 0.467 e. The maximum absolute atomic E-state index is 12.2. The van der Waals surface area contributed by atoms with Gasteiger partial charge in [0, 0.05) is 34.8 Å². The van der Waals surface area contributed by atoms with Crippen molar-refractivity contribution in [3.63, 3.8) is 0 Å². The van der Waals surface area contributed by atoms with Crippen molar-refractivity contribution in [2.75, 3.05) is 13.7 Å². The third-order valence-electron chi connectivity index (χ3n) is 4.81. The maximum Gasteiger partial charge on any atom is 0.278 e. The third-order valence-corrected chi connectivity index (χ3v) is 5.87. The van der Waals surface area contributed by atoms with Crippen molar-refractivity contribution in [2.45, 2.75) is 20.5 Å². The minimum Gasteiger partial charge on any atom is -0.467 e. The molecule has 1 amide bonds. The Hall–Kier alpha value is -4.08. The highest BCUT2D eigenvalue weighted by Gasteiger charge is 2.18. The molecule has 2 heterocycles. The third kappa shape index (κ3) is 6.08. The number of hydrogen-bond donors (Lipinski definition) is 1. The molecule has 12 heteroatoms. The van der Waals surface area contributed by atoms with E-state index in [4.69, 9.17) is 13.9 Å². The lowest BCUT2D eigenvalue weighted by Crippen LogP contribution is -2.25. The average Bonchev–Trinajstić information content (AvgIpc) is 3.29. The molecule has 3 aromatic rings. The fourth-order valence-corrected chi connectivity index (χ4v) is 3.51. The van der Waals surface area contributed by atoms with Gasteiger partial charge in [-0.3, -0.25) is 14.9 Å². The Labute approximate surface area is 208 Å². The number of hydrazone groups is 1. The lowest BCUT2D eigenvalue weighted by molar-refractivity contribution is -0.384. The molecule has 35 heavy (non-hydrogen) atoms. The molecular weight excluding hydrogens is 522 g/mol. The number of carbonyl (C=O) groups is 1. The van der Waals surface area contributed by atoms with E-state index in [0.717, 1.165) is 5.56 Å². The Balaban J connectivity index is 1.64. The zero-order valence-electron chi connectivity index (χ0n) is 19.0. The molecule has 180 valence electrons. The molecule has 0 aliphatic heterocycles. The Morgan fingerprint density at radius 3 is 2.83 bits per heavy atom. The second kappa shape index (κ2) is 11.4. The van der Waals surface area contributed by atoms with Gasteiger partial charge in [-0.05, 0) is 47.5 Å². The monoisotopic (exact) mass is 541 g/mol. The second-order valence-electron chi connectivity index (χ2n) is 7.25. The summed E-state index contributed by atoms with van der Waals surface area (Å²) < 4.78 is 16.9. The van der Waals surface area contributed by atoms with Crippen LogP contribution in [0.15, 0.2) is 44.3 Å². The summed E-state index contributed by atoms with van der Waals surface area (Å²) in [5.41, 5.74) is 4.96. The number of furan rings is 1. The van der Waals surface area contributed by atoms with E-state index >= 15 is 0 Å². The summed E-state index contributed by atoms with van der Waals surface area (Å²) in [7, 11) is 1.50. The molecule has 11 nitrogen and oxygen atoms in total. The van der Waals surface area contributed by atoms with Gasteiger partial charge in [-0.15, -0.1) is 0 Å². The first kappa shape index (κ1) is 25.5. The Morgan fingerprint density at radius 2 is 2.14 bits per heavy atom. The molecule has 2 aromatic heterocycles. The maximum atomic E-state index is 12.2. The van der Waals surface area contributed by atoms with Gasteiger partial charge in [-0.1, -0.05) is 6.07 Å². The highest BCUT2D eigenvalue weighted by molar-refractivity contribution is 9.10. The quantitative estimate of drug-likeness (QED) is 0.240. The van der Waals surface area contributed by atoms with Crippen LogP contribution in [0, 0.1) is 35.3 Å². The molecule has 0 unspecified atom stereocenters. The van der Waals surface area contributed by atoms with Crippen molar-refractivity contribution in [1.29, 1.82) is 5.26 Å². The molecule has 1 N–H and O–H groups in total. The minimum absolute atomic E-state index is 0.0161. The van der Waals surface area contributed by atoms with E-state index in [1.54, 1.807) is 25.1 Å². The molecule has 0 atom stereocenters. The average molecular weight is 542 g/mol. The predicted molar refractivity (Wildman–Crippen MR) is 129 cm³/mol. The molecule has 0 aliphatic carbocycles.